The van der Waals surface area contributed by atoms with Gasteiger partial charge in [-0.25, -0.2) is 4.79 Å². The van der Waals surface area contributed by atoms with Crippen LogP contribution >= 0.6 is 39.7 Å². The molecule has 0 aliphatic carbocycles. The number of benzene rings is 1. The highest BCUT2D eigenvalue weighted by atomic mass is 79.9. The van der Waals surface area contributed by atoms with E-state index in [-0.39, 0.29) is 16.9 Å². The lowest BCUT2D eigenvalue weighted by atomic mass is 10.2. The molecule has 0 unspecified atom stereocenters. The van der Waals surface area contributed by atoms with E-state index in [2.05, 4.69) is 36.8 Å². The largest absolute Gasteiger partial charge is 0.458 e. The molecule has 2 heterocycles. The van der Waals surface area contributed by atoms with Crippen LogP contribution in [0.5, 0.6) is 0 Å². The minimum Gasteiger partial charge on any atom is -0.458 e. The summed E-state index contributed by atoms with van der Waals surface area (Å²) >= 11 is 15.1. The third kappa shape index (κ3) is 6.05. The topological polar surface area (TPSA) is 86.0 Å². The number of aromatic nitrogens is 4. The van der Waals surface area contributed by atoms with Gasteiger partial charge in [-0.1, -0.05) is 29.8 Å². The highest BCUT2D eigenvalue weighted by Crippen LogP contribution is 2.23. The van der Waals surface area contributed by atoms with Gasteiger partial charge in [-0.3, -0.25) is 9.36 Å². The Morgan fingerprint density at radius 3 is 2.65 bits per heavy atom. The number of hydrogen-bond acceptors (Lipinski definition) is 5. The summed E-state index contributed by atoms with van der Waals surface area (Å²) < 4.78 is 9.38. The number of thiocarbonyl (C=S) groups is 1. The van der Waals surface area contributed by atoms with Crippen LogP contribution in [0, 0.1) is 0 Å². The van der Waals surface area contributed by atoms with Crippen LogP contribution in [-0.2, 0) is 17.8 Å². The number of anilines is 2. The summed E-state index contributed by atoms with van der Waals surface area (Å²) in [5.74, 6) is 0.0106. The molecule has 0 spiro atoms. The standard InChI is InChI=1S/C20H22BrClN6O2S/c1-4-27-11-16(17(25-27)19(29)30-12(2)3)23-20(31)24-18-14(21)10-28(26-18)9-13-7-5-6-8-15(13)22/h5-8,10-12H,4,9H2,1-3H3,(H2,23,24,26,31). The van der Waals surface area contributed by atoms with Gasteiger partial charge in [-0.05, 0) is 60.5 Å². The van der Waals surface area contributed by atoms with Crippen LogP contribution in [0.15, 0.2) is 41.1 Å². The summed E-state index contributed by atoms with van der Waals surface area (Å²) in [4.78, 5) is 12.4. The average Bonchev–Trinajstić information content (AvgIpc) is 3.26. The fourth-order valence-corrected chi connectivity index (χ4v) is 3.54. The molecule has 8 nitrogen and oxygen atoms in total. The number of ether oxygens (including phenoxy) is 1. The zero-order chi connectivity index (χ0) is 22.5. The van der Waals surface area contributed by atoms with Crippen LogP contribution < -0.4 is 10.6 Å². The number of nitrogens with one attached hydrogen (secondary N) is 2. The van der Waals surface area contributed by atoms with E-state index in [9.17, 15) is 4.79 Å². The molecule has 0 fully saturated rings. The van der Waals surface area contributed by atoms with Crippen molar-refractivity contribution < 1.29 is 9.53 Å². The Labute approximate surface area is 199 Å². The molecular weight excluding hydrogens is 504 g/mol. The predicted molar refractivity (Wildman–Crippen MR) is 129 cm³/mol. The SMILES string of the molecule is CCn1cc(NC(=S)Nc2nn(Cc3ccccc3Cl)cc2Br)c(C(=O)OC(C)C)n1. The van der Waals surface area contributed by atoms with Gasteiger partial charge in [0.15, 0.2) is 16.6 Å². The van der Waals surface area contributed by atoms with Crippen LogP contribution in [0.2, 0.25) is 5.02 Å². The fraction of sp³-hybridized carbons (Fsp3) is 0.300. The number of halogens is 2. The Morgan fingerprint density at radius 1 is 1.23 bits per heavy atom. The number of nitrogens with zero attached hydrogens (tertiary/aromatic N) is 4. The Morgan fingerprint density at radius 2 is 1.97 bits per heavy atom. The van der Waals surface area contributed by atoms with Crippen LogP contribution in [0.25, 0.3) is 0 Å². The maximum absolute atomic E-state index is 12.4. The zero-order valence-corrected chi connectivity index (χ0v) is 20.4. The first-order valence-corrected chi connectivity index (χ1v) is 11.2. The highest BCUT2D eigenvalue weighted by Gasteiger charge is 2.20. The number of rotatable bonds is 7. The molecule has 164 valence electrons. The van der Waals surface area contributed by atoms with E-state index in [0.717, 1.165) is 10.0 Å². The molecule has 0 amide bonds. The van der Waals surface area contributed by atoms with Crippen LogP contribution in [-0.4, -0.2) is 36.7 Å². The smallest absolute Gasteiger partial charge is 0.361 e. The average molecular weight is 526 g/mol. The predicted octanol–water partition coefficient (Wildman–Crippen LogP) is 4.94. The third-order valence-electron chi connectivity index (χ3n) is 4.11. The second kappa shape index (κ2) is 10.3. The van der Waals surface area contributed by atoms with Gasteiger partial charge < -0.3 is 15.4 Å². The molecule has 0 aliphatic rings. The van der Waals surface area contributed by atoms with E-state index in [0.29, 0.717) is 29.6 Å². The Hall–Kier alpha value is -2.43. The second-order valence-electron chi connectivity index (χ2n) is 6.89. The first-order chi connectivity index (χ1) is 14.8. The first kappa shape index (κ1) is 23.2. The van der Waals surface area contributed by atoms with Gasteiger partial charge in [0.2, 0.25) is 0 Å². The molecular formula is C20H22BrClN6O2S. The molecule has 3 rings (SSSR count). The van der Waals surface area contributed by atoms with Gasteiger partial charge in [0, 0.05) is 24.0 Å². The summed E-state index contributed by atoms with van der Waals surface area (Å²) in [6.07, 6.45) is 3.28. The monoisotopic (exact) mass is 524 g/mol. The van der Waals surface area contributed by atoms with E-state index in [1.54, 1.807) is 29.4 Å². The first-order valence-electron chi connectivity index (χ1n) is 9.59. The van der Waals surface area contributed by atoms with Crippen molar-refractivity contribution in [1.82, 2.24) is 19.6 Å². The Kier molecular flexibility index (Phi) is 7.69. The van der Waals surface area contributed by atoms with Crippen molar-refractivity contribution in [3.8, 4) is 0 Å². The Bertz CT molecular complexity index is 1100. The minimum absolute atomic E-state index is 0.169. The molecule has 0 radical (unpaired) electrons. The van der Waals surface area contributed by atoms with Crippen molar-refractivity contribution >= 4 is 62.3 Å². The number of aryl methyl sites for hydroxylation is 1. The molecule has 3 aromatic rings. The molecule has 11 heteroatoms. The molecule has 0 atom stereocenters. The van der Waals surface area contributed by atoms with Crippen LogP contribution in [0.3, 0.4) is 0 Å². The maximum atomic E-state index is 12.4. The molecule has 0 saturated heterocycles. The molecule has 0 saturated carbocycles. The van der Waals surface area contributed by atoms with Gasteiger partial charge in [0.05, 0.1) is 22.8 Å². The van der Waals surface area contributed by atoms with Crippen molar-refractivity contribution in [2.24, 2.45) is 0 Å². The molecule has 31 heavy (non-hydrogen) atoms. The van der Waals surface area contributed by atoms with E-state index >= 15 is 0 Å². The lowest BCUT2D eigenvalue weighted by Gasteiger charge is -2.10. The van der Waals surface area contributed by atoms with Gasteiger partial charge in [0.1, 0.15) is 0 Å². The Balaban J connectivity index is 1.71. The van der Waals surface area contributed by atoms with Crippen molar-refractivity contribution in [2.45, 2.75) is 40.0 Å². The number of esters is 1. The van der Waals surface area contributed by atoms with Gasteiger partial charge in [0.25, 0.3) is 0 Å². The molecule has 1 aromatic carbocycles. The van der Waals surface area contributed by atoms with Gasteiger partial charge in [-0.2, -0.15) is 10.2 Å². The normalized spacial score (nSPS) is 10.9. The van der Waals surface area contributed by atoms with Gasteiger partial charge >= 0.3 is 5.97 Å². The zero-order valence-electron chi connectivity index (χ0n) is 17.2. The van der Waals surface area contributed by atoms with Crippen molar-refractivity contribution in [1.29, 1.82) is 0 Å². The van der Waals surface area contributed by atoms with Crippen molar-refractivity contribution in [3.05, 3.63) is 57.4 Å². The van der Waals surface area contributed by atoms with Crippen molar-refractivity contribution in [3.63, 3.8) is 0 Å². The molecule has 0 bridgehead atoms. The number of hydrogen-bond donors (Lipinski definition) is 2. The maximum Gasteiger partial charge on any atom is 0.361 e. The van der Waals surface area contributed by atoms with Crippen molar-refractivity contribution in [2.75, 3.05) is 10.6 Å². The highest BCUT2D eigenvalue weighted by molar-refractivity contribution is 9.10. The summed E-state index contributed by atoms with van der Waals surface area (Å²) in [5, 5.41) is 15.8. The molecule has 2 N–H and O–H groups in total. The summed E-state index contributed by atoms with van der Waals surface area (Å²) in [7, 11) is 0. The van der Waals surface area contributed by atoms with E-state index < -0.39 is 5.97 Å². The van der Waals surface area contributed by atoms with E-state index in [1.807, 2.05) is 37.4 Å². The quantitative estimate of drug-likeness (QED) is 0.334. The number of carbonyl (C=O) groups excluding carboxylic acids is 1. The van der Waals surface area contributed by atoms with Crippen LogP contribution in [0.1, 0.15) is 36.8 Å². The number of carbonyl (C=O) groups is 1. The lowest BCUT2D eigenvalue weighted by molar-refractivity contribution is 0.0371. The molecule has 2 aromatic heterocycles. The summed E-state index contributed by atoms with van der Waals surface area (Å²) in [6.45, 7) is 6.60. The van der Waals surface area contributed by atoms with E-state index in [4.69, 9.17) is 28.6 Å². The van der Waals surface area contributed by atoms with Gasteiger partial charge in [-0.15, -0.1) is 0 Å². The lowest BCUT2D eigenvalue weighted by Crippen LogP contribution is -2.22. The third-order valence-corrected chi connectivity index (χ3v) is 5.26. The summed E-state index contributed by atoms with van der Waals surface area (Å²) in [5.41, 5.74) is 1.58. The summed E-state index contributed by atoms with van der Waals surface area (Å²) in [6, 6.07) is 7.59. The minimum atomic E-state index is -0.516. The van der Waals surface area contributed by atoms with Crippen LogP contribution in [0.4, 0.5) is 11.5 Å². The molecule has 0 aliphatic heterocycles. The van der Waals surface area contributed by atoms with E-state index in [1.165, 1.54) is 0 Å². The second-order valence-corrected chi connectivity index (χ2v) is 8.56. The fourth-order valence-electron chi connectivity index (χ4n) is 2.72.